The fourth-order valence-corrected chi connectivity index (χ4v) is 2.69. The highest BCUT2D eigenvalue weighted by Crippen LogP contribution is 2.23. The molecule has 0 fully saturated rings. The van der Waals surface area contributed by atoms with E-state index in [0.717, 1.165) is 10.6 Å². The summed E-state index contributed by atoms with van der Waals surface area (Å²) in [6.45, 7) is 4.11. The molecule has 0 saturated heterocycles. The number of carbonyl (C=O) groups excluding carboxylic acids is 1. The average Bonchev–Trinajstić information content (AvgIpc) is 2.42. The molecule has 0 bridgehead atoms. The molecule has 1 amide bonds. The number of hydrogen-bond acceptors (Lipinski definition) is 3. The molecule has 3 nitrogen and oxygen atoms in total. The minimum Gasteiger partial charge on any atom is -0.399 e. The molecule has 0 aliphatic rings. The summed E-state index contributed by atoms with van der Waals surface area (Å²) in [6.07, 6.45) is 0. The first-order valence-corrected chi connectivity index (χ1v) is 7.38. The quantitative estimate of drug-likeness (QED) is 0.667. The van der Waals surface area contributed by atoms with Crippen molar-refractivity contribution in [2.75, 3.05) is 16.8 Å². The second-order valence-electron chi connectivity index (χ2n) is 4.73. The van der Waals surface area contributed by atoms with E-state index < -0.39 is 0 Å². The molecule has 0 aliphatic carbocycles. The number of nitrogen functional groups attached to an aromatic ring is 1. The Morgan fingerprint density at radius 3 is 2.55 bits per heavy atom. The highest BCUT2D eigenvalue weighted by Gasteiger charge is 2.05. The lowest BCUT2D eigenvalue weighted by atomic mass is 10.2. The van der Waals surface area contributed by atoms with Crippen LogP contribution in [0.25, 0.3) is 0 Å². The predicted molar refractivity (Wildman–Crippen MR) is 86.1 cm³/mol. The number of nitrogens with one attached hydrogen (secondary N) is 1. The molecule has 2 aromatic carbocycles. The lowest BCUT2D eigenvalue weighted by Crippen LogP contribution is -2.14. The molecule has 0 aliphatic heterocycles. The number of thioether (sulfide) groups is 1. The standard InChI is InChI=1S/C16H18N2OS/c1-11-3-4-12(2)15(9-11)20-10-16(19)18-14-7-5-13(17)6-8-14/h3-9H,10,17H2,1-2H3,(H,18,19). The van der Waals surface area contributed by atoms with Crippen LogP contribution in [0.2, 0.25) is 0 Å². The van der Waals surface area contributed by atoms with Gasteiger partial charge in [0, 0.05) is 16.3 Å². The second kappa shape index (κ2) is 6.48. The summed E-state index contributed by atoms with van der Waals surface area (Å²) in [5, 5.41) is 2.86. The first-order valence-electron chi connectivity index (χ1n) is 6.40. The molecule has 20 heavy (non-hydrogen) atoms. The van der Waals surface area contributed by atoms with Gasteiger partial charge in [-0.2, -0.15) is 0 Å². The van der Waals surface area contributed by atoms with Crippen molar-refractivity contribution in [1.29, 1.82) is 0 Å². The van der Waals surface area contributed by atoms with Gasteiger partial charge in [0.05, 0.1) is 5.75 Å². The van der Waals surface area contributed by atoms with Crippen molar-refractivity contribution in [3.63, 3.8) is 0 Å². The van der Waals surface area contributed by atoms with E-state index in [-0.39, 0.29) is 5.91 Å². The van der Waals surface area contributed by atoms with Crippen LogP contribution >= 0.6 is 11.8 Å². The summed E-state index contributed by atoms with van der Waals surface area (Å²) in [4.78, 5) is 13.1. The van der Waals surface area contributed by atoms with Crippen molar-refractivity contribution in [3.8, 4) is 0 Å². The van der Waals surface area contributed by atoms with Crippen LogP contribution in [-0.2, 0) is 4.79 Å². The molecular formula is C16H18N2OS. The van der Waals surface area contributed by atoms with Crippen LogP contribution in [0.1, 0.15) is 11.1 Å². The topological polar surface area (TPSA) is 55.1 Å². The van der Waals surface area contributed by atoms with Crippen molar-refractivity contribution < 1.29 is 4.79 Å². The molecule has 104 valence electrons. The summed E-state index contributed by atoms with van der Waals surface area (Å²) in [5.74, 6) is 0.384. The van der Waals surface area contributed by atoms with Gasteiger partial charge < -0.3 is 11.1 Å². The predicted octanol–water partition coefficient (Wildman–Crippen LogP) is 3.62. The Morgan fingerprint density at radius 2 is 1.85 bits per heavy atom. The first-order chi connectivity index (χ1) is 9.54. The van der Waals surface area contributed by atoms with Gasteiger partial charge in [-0.25, -0.2) is 0 Å². The summed E-state index contributed by atoms with van der Waals surface area (Å²) in [5.41, 5.74) is 9.46. The van der Waals surface area contributed by atoms with Gasteiger partial charge >= 0.3 is 0 Å². The molecule has 2 rings (SSSR count). The molecule has 0 spiro atoms. The summed E-state index contributed by atoms with van der Waals surface area (Å²) in [7, 11) is 0. The Bertz CT molecular complexity index is 608. The van der Waals surface area contributed by atoms with Crippen molar-refractivity contribution in [1.82, 2.24) is 0 Å². The molecular weight excluding hydrogens is 268 g/mol. The monoisotopic (exact) mass is 286 g/mol. The Morgan fingerprint density at radius 1 is 1.15 bits per heavy atom. The number of hydrogen-bond donors (Lipinski definition) is 2. The Kier molecular flexibility index (Phi) is 4.69. The first kappa shape index (κ1) is 14.5. The Labute approximate surface area is 123 Å². The fourth-order valence-electron chi connectivity index (χ4n) is 1.77. The summed E-state index contributed by atoms with van der Waals surface area (Å²) < 4.78 is 0. The zero-order valence-corrected chi connectivity index (χ0v) is 12.5. The van der Waals surface area contributed by atoms with Crippen LogP contribution in [0.3, 0.4) is 0 Å². The lowest BCUT2D eigenvalue weighted by Gasteiger charge is -2.08. The van der Waals surface area contributed by atoms with E-state index in [1.54, 1.807) is 36.0 Å². The van der Waals surface area contributed by atoms with Crippen molar-refractivity contribution in [3.05, 3.63) is 53.6 Å². The highest BCUT2D eigenvalue weighted by atomic mass is 32.2. The van der Waals surface area contributed by atoms with E-state index in [2.05, 4.69) is 37.4 Å². The summed E-state index contributed by atoms with van der Waals surface area (Å²) in [6, 6.07) is 13.4. The number of benzene rings is 2. The van der Waals surface area contributed by atoms with Gasteiger partial charge in [-0.1, -0.05) is 17.7 Å². The fraction of sp³-hybridized carbons (Fsp3) is 0.188. The number of aryl methyl sites for hydroxylation is 2. The molecule has 0 aromatic heterocycles. The minimum atomic E-state index is -0.0133. The minimum absolute atomic E-state index is 0.0133. The molecule has 0 heterocycles. The van der Waals surface area contributed by atoms with Crippen molar-refractivity contribution in [2.24, 2.45) is 0 Å². The van der Waals surface area contributed by atoms with Gasteiger partial charge in [0.2, 0.25) is 5.91 Å². The zero-order chi connectivity index (χ0) is 14.5. The molecule has 0 atom stereocenters. The molecule has 4 heteroatoms. The number of amides is 1. The maximum Gasteiger partial charge on any atom is 0.234 e. The zero-order valence-electron chi connectivity index (χ0n) is 11.6. The molecule has 2 aromatic rings. The van der Waals surface area contributed by atoms with Gasteiger partial charge in [0.1, 0.15) is 0 Å². The smallest absolute Gasteiger partial charge is 0.234 e. The summed E-state index contributed by atoms with van der Waals surface area (Å²) >= 11 is 1.55. The van der Waals surface area contributed by atoms with E-state index in [4.69, 9.17) is 5.73 Å². The van der Waals surface area contributed by atoms with Crippen molar-refractivity contribution in [2.45, 2.75) is 18.7 Å². The number of nitrogens with two attached hydrogens (primary N) is 1. The third-order valence-electron chi connectivity index (χ3n) is 2.90. The number of anilines is 2. The van der Waals surface area contributed by atoms with E-state index >= 15 is 0 Å². The third-order valence-corrected chi connectivity index (χ3v) is 4.05. The second-order valence-corrected chi connectivity index (χ2v) is 5.74. The SMILES string of the molecule is Cc1ccc(C)c(SCC(=O)Nc2ccc(N)cc2)c1. The lowest BCUT2D eigenvalue weighted by molar-refractivity contribution is -0.113. The largest absolute Gasteiger partial charge is 0.399 e. The normalized spacial score (nSPS) is 10.3. The maximum atomic E-state index is 11.9. The van der Waals surface area contributed by atoms with Crippen LogP contribution < -0.4 is 11.1 Å². The number of carbonyl (C=O) groups is 1. The van der Waals surface area contributed by atoms with E-state index in [0.29, 0.717) is 11.4 Å². The molecule has 0 unspecified atom stereocenters. The van der Waals surface area contributed by atoms with Crippen LogP contribution in [0.5, 0.6) is 0 Å². The van der Waals surface area contributed by atoms with Gasteiger partial charge in [0.15, 0.2) is 0 Å². The molecule has 3 N–H and O–H groups in total. The average molecular weight is 286 g/mol. The van der Waals surface area contributed by atoms with Gasteiger partial charge in [-0.15, -0.1) is 11.8 Å². The molecule has 0 radical (unpaired) electrons. The highest BCUT2D eigenvalue weighted by molar-refractivity contribution is 8.00. The number of rotatable bonds is 4. The van der Waals surface area contributed by atoms with E-state index in [1.165, 1.54) is 11.1 Å². The van der Waals surface area contributed by atoms with Gasteiger partial charge in [-0.05, 0) is 49.7 Å². The Balaban J connectivity index is 1.92. The van der Waals surface area contributed by atoms with Crippen LogP contribution in [0.4, 0.5) is 11.4 Å². The van der Waals surface area contributed by atoms with E-state index in [1.807, 2.05) is 0 Å². The van der Waals surface area contributed by atoms with Crippen LogP contribution in [0.15, 0.2) is 47.4 Å². The van der Waals surface area contributed by atoms with Crippen molar-refractivity contribution >= 4 is 29.0 Å². The maximum absolute atomic E-state index is 11.9. The van der Waals surface area contributed by atoms with Gasteiger partial charge in [-0.3, -0.25) is 4.79 Å². The van der Waals surface area contributed by atoms with Crippen LogP contribution in [0, 0.1) is 13.8 Å². The molecule has 0 saturated carbocycles. The van der Waals surface area contributed by atoms with Gasteiger partial charge in [0.25, 0.3) is 0 Å². The Hall–Kier alpha value is -1.94. The third kappa shape index (κ3) is 4.03. The van der Waals surface area contributed by atoms with Crippen LogP contribution in [-0.4, -0.2) is 11.7 Å². The van der Waals surface area contributed by atoms with E-state index in [9.17, 15) is 4.79 Å².